The minimum atomic E-state index is -0.386. The van der Waals surface area contributed by atoms with Crippen molar-refractivity contribution in [3.05, 3.63) is 69.6 Å². The topological polar surface area (TPSA) is 69.0 Å². The zero-order valence-corrected chi connectivity index (χ0v) is 18.1. The molecule has 0 spiro atoms. The highest BCUT2D eigenvalue weighted by Gasteiger charge is 2.27. The van der Waals surface area contributed by atoms with Crippen LogP contribution in [0.25, 0.3) is 11.0 Å². The molecular formula is C25H27NO5. The normalized spacial score (nSPS) is 16.0. The monoisotopic (exact) mass is 421 g/mol. The van der Waals surface area contributed by atoms with Crippen molar-refractivity contribution in [3.63, 3.8) is 0 Å². The summed E-state index contributed by atoms with van der Waals surface area (Å²) >= 11 is 0. The predicted molar refractivity (Wildman–Crippen MR) is 119 cm³/mol. The van der Waals surface area contributed by atoms with Crippen molar-refractivity contribution in [3.8, 4) is 11.5 Å². The Hall–Kier alpha value is -3.28. The predicted octanol–water partition coefficient (Wildman–Crippen LogP) is 4.07. The second-order valence-corrected chi connectivity index (χ2v) is 7.95. The van der Waals surface area contributed by atoms with E-state index in [1.807, 2.05) is 36.1 Å². The second-order valence-electron chi connectivity index (χ2n) is 7.95. The number of benzene rings is 2. The van der Waals surface area contributed by atoms with Crippen molar-refractivity contribution in [1.29, 1.82) is 0 Å². The summed E-state index contributed by atoms with van der Waals surface area (Å²) in [6, 6.07) is 13.5. The Kier molecular flexibility index (Phi) is 5.98. The fourth-order valence-corrected chi connectivity index (χ4v) is 4.32. The molecule has 6 nitrogen and oxygen atoms in total. The zero-order valence-electron chi connectivity index (χ0n) is 18.1. The van der Waals surface area contributed by atoms with Gasteiger partial charge in [0, 0.05) is 42.4 Å². The van der Waals surface area contributed by atoms with Crippen LogP contribution in [0, 0.1) is 6.92 Å². The van der Waals surface area contributed by atoms with Gasteiger partial charge in [-0.2, -0.15) is 0 Å². The van der Waals surface area contributed by atoms with Crippen LogP contribution in [0.5, 0.6) is 11.5 Å². The summed E-state index contributed by atoms with van der Waals surface area (Å²) in [5.74, 6) is 1.87. The molecule has 1 aliphatic rings. The van der Waals surface area contributed by atoms with Gasteiger partial charge in [0.05, 0.1) is 14.2 Å². The Bertz CT molecular complexity index is 1150. The van der Waals surface area contributed by atoms with Gasteiger partial charge in [0.1, 0.15) is 17.1 Å². The van der Waals surface area contributed by atoms with E-state index < -0.39 is 0 Å². The van der Waals surface area contributed by atoms with E-state index in [0.717, 1.165) is 29.7 Å². The Balaban J connectivity index is 1.43. The van der Waals surface area contributed by atoms with Crippen LogP contribution >= 0.6 is 0 Å². The third kappa shape index (κ3) is 4.29. The number of hydrogen-bond donors (Lipinski definition) is 0. The lowest BCUT2D eigenvalue weighted by atomic mass is 9.98. The third-order valence-electron chi connectivity index (χ3n) is 6.21. The van der Waals surface area contributed by atoms with Crippen LogP contribution in [0.15, 0.2) is 51.7 Å². The van der Waals surface area contributed by atoms with Gasteiger partial charge in [0.25, 0.3) is 0 Å². The molecule has 1 unspecified atom stereocenters. The van der Waals surface area contributed by atoms with E-state index >= 15 is 0 Å². The van der Waals surface area contributed by atoms with Gasteiger partial charge in [0.15, 0.2) is 0 Å². The fraction of sp³-hybridized carbons (Fsp3) is 0.360. The summed E-state index contributed by atoms with van der Waals surface area (Å²) in [6.45, 7) is 3.35. The number of methoxy groups -OCH3 is 2. The van der Waals surface area contributed by atoms with E-state index in [4.69, 9.17) is 13.9 Å². The van der Waals surface area contributed by atoms with Gasteiger partial charge in [-0.15, -0.1) is 0 Å². The van der Waals surface area contributed by atoms with Gasteiger partial charge in [-0.25, -0.2) is 4.79 Å². The number of fused-ring (bicyclic) bond motifs is 1. The summed E-state index contributed by atoms with van der Waals surface area (Å²) in [7, 11) is 3.23. The van der Waals surface area contributed by atoms with E-state index in [2.05, 4.69) is 12.1 Å². The molecule has 1 aliphatic heterocycles. The summed E-state index contributed by atoms with van der Waals surface area (Å²) in [5, 5.41) is 0.864. The molecule has 6 heteroatoms. The first kappa shape index (κ1) is 21.0. The van der Waals surface area contributed by atoms with Crippen LogP contribution in [0.2, 0.25) is 0 Å². The number of hydrogen-bond acceptors (Lipinski definition) is 5. The molecule has 162 valence electrons. The molecule has 0 aliphatic carbocycles. The Morgan fingerprint density at radius 3 is 2.52 bits per heavy atom. The largest absolute Gasteiger partial charge is 0.497 e. The molecule has 2 heterocycles. The number of nitrogens with zero attached hydrogens (tertiary/aromatic N) is 1. The molecule has 0 saturated carbocycles. The minimum absolute atomic E-state index is 0.0737. The average Bonchev–Trinajstić information content (AvgIpc) is 3.29. The van der Waals surface area contributed by atoms with E-state index in [-0.39, 0.29) is 11.5 Å². The second kappa shape index (κ2) is 8.84. The highest BCUT2D eigenvalue weighted by molar-refractivity contribution is 5.83. The summed E-state index contributed by atoms with van der Waals surface area (Å²) < 4.78 is 15.9. The highest BCUT2D eigenvalue weighted by Crippen LogP contribution is 2.29. The number of carbonyl (C=O) groups excluding carboxylic acids is 1. The van der Waals surface area contributed by atoms with E-state index in [9.17, 15) is 9.59 Å². The summed E-state index contributed by atoms with van der Waals surface area (Å²) in [6.07, 6.45) is 1.61. The average molecular weight is 421 g/mol. The van der Waals surface area contributed by atoms with Crippen LogP contribution in [-0.2, 0) is 11.2 Å². The maximum Gasteiger partial charge on any atom is 0.339 e. The van der Waals surface area contributed by atoms with Gasteiger partial charge >= 0.3 is 5.63 Å². The van der Waals surface area contributed by atoms with Crippen LogP contribution in [-0.4, -0.2) is 38.1 Å². The van der Waals surface area contributed by atoms with Crippen molar-refractivity contribution in [2.75, 3.05) is 27.3 Å². The molecule has 3 aromatic rings. The van der Waals surface area contributed by atoms with Gasteiger partial charge in [-0.1, -0.05) is 12.1 Å². The maximum absolute atomic E-state index is 12.8. The standard InChI is InChI=1S/C25H27NO5/c1-16-21-9-8-20(30-3)14-23(21)31-25(28)22(16)10-11-24(27)26-13-12-18(15-26)17-4-6-19(29-2)7-5-17/h4-9,14,18H,10-13,15H2,1-3H3. The molecule has 31 heavy (non-hydrogen) atoms. The zero-order chi connectivity index (χ0) is 22.0. The van der Waals surface area contributed by atoms with Crippen LogP contribution in [0.3, 0.4) is 0 Å². The molecular weight excluding hydrogens is 394 g/mol. The smallest absolute Gasteiger partial charge is 0.339 e. The molecule has 1 fully saturated rings. The Morgan fingerprint density at radius 1 is 1.10 bits per heavy atom. The van der Waals surface area contributed by atoms with Crippen LogP contribution < -0.4 is 15.1 Å². The van der Waals surface area contributed by atoms with Gasteiger partial charge in [-0.05, 0) is 55.2 Å². The van der Waals surface area contributed by atoms with Crippen molar-refractivity contribution >= 4 is 16.9 Å². The number of rotatable bonds is 6. The molecule has 0 N–H and O–H groups in total. The summed E-state index contributed by atoms with van der Waals surface area (Å²) in [4.78, 5) is 27.3. The molecule has 0 bridgehead atoms. The lowest BCUT2D eigenvalue weighted by molar-refractivity contribution is -0.130. The Labute approximate surface area is 181 Å². The highest BCUT2D eigenvalue weighted by atomic mass is 16.5. The van der Waals surface area contributed by atoms with Crippen LogP contribution in [0.1, 0.15) is 35.4 Å². The summed E-state index contributed by atoms with van der Waals surface area (Å²) in [5.41, 5.74) is 2.76. The number of carbonyl (C=O) groups is 1. The first-order valence-corrected chi connectivity index (χ1v) is 10.5. The number of ether oxygens (including phenoxy) is 2. The third-order valence-corrected chi connectivity index (χ3v) is 6.21. The molecule has 1 aromatic heterocycles. The molecule has 2 aromatic carbocycles. The van der Waals surface area contributed by atoms with Crippen LogP contribution in [0.4, 0.5) is 0 Å². The lowest BCUT2D eigenvalue weighted by Crippen LogP contribution is -2.29. The van der Waals surface area contributed by atoms with Gasteiger partial charge in [0.2, 0.25) is 5.91 Å². The van der Waals surface area contributed by atoms with E-state index in [0.29, 0.717) is 42.2 Å². The molecule has 4 rings (SSSR count). The number of amides is 1. The molecule has 1 amide bonds. The van der Waals surface area contributed by atoms with Crippen molar-refractivity contribution < 1.29 is 18.7 Å². The fourth-order valence-electron chi connectivity index (χ4n) is 4.32. The van der Waals surface area contributed by atoms with E-state index in [1.165, 1.54) is 5.56 Å². The SMILES string of the molecule is COc1ccc(C2CCN(C(=O)CCc3c(C)c4ccc(OC)cc4oc3=O)C2)cc1. The maximum atomic E-state index is 12.8. The molecule has 1 atom stereocenters. The number of likely N-dealkylation sites (tertiary alicyclic amines) is 1. The first-order chi connectivity index (χ1) is 15.0. The number of aryl methyl sites for hydroxylation is 1. The van der Waals surface area contributed by atoms with Crippen molar-refractivity contribution in [2.24, 2.45) is 0 Å². The quantitative estimate of drug-likeness (QED) is 0.561. The Morgan fingerprint density at radius 2 is 1.81 bits per heavy atom. The van der Waals surface area contributed by atoms with E-state index in [1.54, 1.807) is 20.3 Å². The van der Waals surface area contributed by atoms with Gasteiger partial charge in [-0.3, -0.25) is 4.79 Å². The minimum Gasteiger partial charge on any atom is -0.497 e. The first-order valence-electron chi connectivity index (χ1n) is 10.5. The van der Waals surface area contributed by atoms with Gasteiger partial charge < -0.3 is 18.8 Å². The molecule has 0 radical (unpaired) electrons. The lowest BCUT2D eigenvalue weighted by Gasteiger charge is -2.17. The van der Waals surface area contributed by atoms with Crippen molar-refractivity contribution in [1.82, 2.24) is 4.90 Å². The van der Waals surface area contributed by atoms with Crippen molar-refractivity contribution in [2.45, 2.75) is 32.1 Å². The molecule has 1 saturated heterocycles.